The van der Waals surface area contributed by atoms with E-state index >= 15 is 0 Å². The van der Waals surface area contributed by atoms with Gasteiger partial charge in [0.05, 0.1) is 5.69 Å². The van der Waals surface area contributed by atoms with E-state index in [2.05, 4.69) is 41.1 Å². The molecule has 3 aromatic rings. The van der Waals surface area contributed by atoms with Gasteiger partial charge in [0.1, 0.15) is 6.33 Å². The number of nitrogens with zero attached hydrogens (tertiary/aromatic N) is 6. The fourth-order valence-corrected chi connectivity index (χ4v) is 4.66. The molecule has 0 N–H and O–H groups in total. The Balaban J connectivity index is 1.47. The molecule has 6 heteroatoms. The standard InChI is InChI=1S/C23H28N6/c1-16-7-10-18(11-8-16)28(2)23-24-13-20-19(5-3-4-6-21(20)27-23)17-9-12-22-25-15-26-29(22)14-17/h5,9,12-16,18H,3-4,6-8,10-11H2,1-2H3. The second-order valence-corrected chi connectivity index (χ2v) is 8.55. The summed E-state index contributed by atoms with van der Waals surface area (Å²) in [5, 5.41) is 4.29. The lowest BCUT2D eigenvalue weighted by molar-refractivity contribution is 0.339. The Bertz CT molecular complexity index is 1040. The van der Waals surface area contributed by atoms with E-state index < -0.39 is 0 Å². The number of allylic oxidation sites excluding steroid dienone is 1. The topological polar surface area (TPSA) is 59.2 Å². The van der Waals surface area contributed by atoms with Crippen molar-refractivity contribution in [2.45, 2.75) is 57.9 Å². The van der Waals surface area contributed by atoms with Crippen LogP contribution < -0.4 is 4.90 Å². The van der Waals surface area contributed by atoms with E-state index in [9.17, 15) is 0 Å². The summed E-state index contributed by atoms with van der Waals surface area (Å²) in [4.78, 5) is 16.4. The van der Waals surface area contributed by atoms with Gasteiger partial charge < -0.3 is 4.90 Å². The summed E-state index contributed by atoms with van der Waals surface area (Å²) in [5.74, 6) is 1.72. The van der Waals surface area contributed by atoms with E-state index in [-0.39, 0.29) is 0 Å². The molecule has 1 fully saturated rings. The number of anilines is 1. The van der Waals surface area contributed by atoms with Crippen molar-refractivity contribution in [2.75, 3.05) is 11.9 Å². The Kier molecular flexibility index (Phi) is 4.78. The van der Waals surface area contributed by atoms with Crippen LogP contribution in [0, 0.1) is 5.92 Å². The fourth-order valence-electron chi connectivity index (χ4n) is 4.66. The van der Waals surface area contributed by atoms with Crippen LogP contribution in [-0.2, 0) is 6.42 Å². The Morgan fingerprint density at radius 3 is 2.83 bits per heavy atom. The summed E-state index contributed by atoms with van der Waals surface area (Å²) in [6, 6.07) is 4.69. The van der Waals surface area contributed by atoms with Crippen LogP contribution in [-0.4, -0.2) is 37.7 Å². The van der Waals surface area contributed by atoms with Crippen LogP contribution in [0.15, 0.2) is 36.9 Å². The molecule has 0 radical (unpaired) electrons. The fraction of sp³-hybridized carbons (Fsp3) is 0.478. The van der Waals surface area contributed by atoms with Gasteiger partial charge in [-0.05, 0) is 68.6 Å². The van der Waals surface area contributed by atoms with E-state index in [1.807, 2.05) is 23.0 Å². The first kappa shape index (κ1) is 18.3. The van der Waals surface area contributed by atoms with Crippen molar-refractivity contribution >= 4 is 17.2 Å². The van der Waals surface area contributed by atoms with Gasteiger partial charge in [-0.3, -0.25) is 0 Å². The summed E-state index contributed by atoms with van der Waals surface area (Å²) >= 11 is 0. The zero-order valence-electron chi connectivity index (χ0n) is 17.3. The predicted molar refractivity (Wildman–Crippen MR) is 115 cm³/mol. The second-order valence-electron chi connectivity index (χ2n) is 8.55. The molecule has 2 aliphatic rings. The van der Waals surface area contributed by atoms with E-state index in [4.69, 9.17) is 9.97 Å². The van der Waals surface area contributed by atoms with Gasteiger partial charge in [0.25, 0.3) is 0 Å². The third-order valence-electron chi connectivity index (χ3n) is 6.54. The van der Waals surface area contributed by atoms with Gasteiger partial charge in [-0.2, -0.15) is 5.10 Å². The van der Waals surface area contributed by atoms with Crippen molar-refractivity contribution in [1.29, 1.82) is 0 Å². The molecule has 3 aromatic heterocycles. The second kappa shape index (κ2) is 7.58. The van der Waals surface area contributed by atoms with E-state index in [0.717, 1.165) is 53.6 Å². The summed E-state index contributed by atoms with van der Waals surface area (Å²) < 4.78 is 1.83. The summed E-state index contributed by atoms with van der Waals surface area (Å²) in [5.41, 5.74) is 5.51. The number of fused-ring (bicyclic) bond motifs is 2. The highest BCUT2D eigenvalue weighted by atomic mass is 15.3. The SMILES string of the molecule is CC1CCC(N(C)c2ncc3c(n2)CCCC=C3c2ccc3ncnn3c2)CC1. The molecule has 0 spiro atoms. The first-order valence-corrected chi connectivity index (χ1v) is 10.8. The molecule has 0 aliphatic heterocycles. The van der Waals surface area contributed by atoms with Crippen molar-refractivity contribution in [3.63, 3.8) is 0 Å². The number of hydrogen-bond acceptors (Lipinski definition) is 5. The summed E-state index contributed by atoms with van der Waals surface area (Å²) in [6.07, 6.45) is 16.2. The van der Waals surface area contributed by atoms with Crippen molar-refractivity contribution in [3.05, 3.63) is 53.8 Å². The van der Waals surface area contributed by atoms with E-state index in [1.54, 1.807) is 6.33 Å². The van der Waals surface area contributed by atoms with Gasteiger partial charge >= 0.3 is 0 Å². The molecule has 29 heavy (non-hydrogen) atoms. The molecule has 0 saturated heterocycles. The Morgan fingerprint density at radius 2 is 1.97 bits per heavy atom. The first-order chi connectivity index (χ1) is 14.2. The van der Waals surface area contributed by atoms with Crippen LogP contribution in [0.5, 0.6) is 0 Å². The van der Waals surface area contributed by atoms with Crippen molar-refractivity contribution in [2.24, 2.45) is 5.92 Å². The molecular weight excluding hydrogens is 360 g/mol. The Morgan fingerprint density at radius 1 is 1.10 bits per heavy atom. The number of aromatic nitrogens is 5. The highest BCUT2D eigenvalue weighted by molar-refractivity contribution is 5.81. The van der Waals surface area contributed by atoms with Gasteiger partial charge in [-0.15, -0.1) is 0 Å². The average molecular weight is 389 g/mol. The minimum absolute atomic E-state index is 0.555. The van der Waals surface area contributed by atoms with Crippen molar-refractivity contribution in [3.8, 4) is 0 Å². The molecular formula is C23H28N6. The minimum Gasteiger partial charge on any atom is -0.341 e. The quantitative estimate of drug-likeness (QED) is 0.669. The maximum absolute atomic E-state index is 5.03. The van der Waals surface area contributed by atoms with Gasteiger partial charge in [-0.25, -0.2) is 19.5 Å². The maximum Gasteiger partial charge on any atom is 0.225 e. The monoisotopic (exact) mass is 388 g/mol. The molecule has 0 atom stereocenters. The molecule has 0 unspecified atom stereocenters. The number of pyridine rings is 1. The minimum atomic E-state index is 0.555. The Hall–Kier alpha value is -2.76. The highest BCUT2D eigenvalue weighted by Gasteiger charge is 2.24. The lowest BCUT2D eigenvalue weighted by atomic mass is 9.87. The van der Waals surface area contributed by atoms with Crippen LogP contribution in [0.3, 0.4) is 0 Å². The molecule has 6 nitrogen and oxygen atoms in total. The van der Waals surface area contributed by atoms with Crippen LogP contribution in [0.2, 0.25) is 0 Å². The van der Waals surface area contributed by atoms with Gasteiger partial charge in [-0.1, -0.05) is 13.0 Å². The molecule has 150 valence electrons. The summed E-state index contributed by atoms with van der Waals surface area (Å²) in [6.45, 7) is 2.36. The molecule has 1 saturated carbocycles. The predicted octanol–water partition coefficient (Wildman–Crippen LogP) is 4.30. The molecule has 0 amide bonds. The lowest BCUT2D eigenvalue weighted by Gasteiger charge is -2.33. The zero-order valence-corrected chi connectivity index (χ0v) is 17.3. The average Bonchev–Trinajstić information content (AvgIpc) is 3.12. The Labute approximate surface area is 171 Å². The van der Waals surface area contributed by atoms with Gasteiger partial charge in [0.2, 0.25) is 5.95 Å². The lowest BCUT2D eigenvalue weighted by Crippen LogP contribution is -2.36. The summed E-state index contributed by atoms with van der Waals surface area (Å²) in [7, 11) is 2.16. The van der Waals surface area contributed by atoms with E-state index in [1.165, 1.54) is 31.3 Å². The largest absolute Gasteiger partial charge is 0.341 e. The van der Waals surface area contributed by atoms with Gasteiger partial charge in [0.15, 0.2) is 5.65 Å². The smallest absolute Gasteiger partial charge is 0.225 e. The number of hydrogen-bond donors (Lipinski definition) is 0. The molecule has 0 bridgehead atoms. The van der Waals surface area contributed by atoms with Gasteiger partial charge in [0, 0.05) is 36.6 Å². The van der Waals surface area contributed by atoms with E-state index in [0.29, 0.717) is 6.04 Å². The first-order valence-electron chi connectivity index (χ1n) is 10.8. The van der Waals surface area contributed by atoms with Crippen LogP contribution >= 0.6 is 0 Å². The third kappa shape index (κ3) is 3.52. The van der Waals surface area contributed by atoms with Crippen LogP contribution in [0.25, 0.3) is 11.2 Å². The van der Waals surface area contributed by atoms with Crippen molar-refractivity contribution in [1.82, 2.24) is 24.6 Å². The van der Waals surface area contributed by atoms with Crippen LogP contribution in [0.1, 0.15) is 62.3 Å². The van der Waals surface area contributed by atoms with Crippen LogP contribution in [0.4, 0.5) is 5.95 Å². The molecule has 2 aliphatic carbocycles. The maximum atomic E-state index is 5.03. The zero-order chi connectivity index (χ0) is 19.8. The normalized spacial score (nSPS) is 22.1. The number of rotatable bonds is 3. The highest BCUT2D eigenvalue weighted by Crippen LogP contribution is 2.32. The molecule has 5 rings (SSSR count). The number of aryl methyl sites for hydroxylation is 1. The molecule has 0 aromatic carbocycles. The van der Waals surface area contributed by atoms with Crippen molar-refractivity contribution < 1.29 is 0 Å². The third-order valence-corrected chi connectivity index (χ3v) is 6.54. The molecule has 3 heterocycles.